The summed E-state index contributed by atoms with van der Waals surface area (Å²) in [6, 6.07) is 15.1. The minimum absolute atomic E-state index is 0.358. The average Bonchev–Trinajstić information content (AvgIpc) is 2.67. The maximum absolute atomic E-state index is 5.71. The summed E-state index contributed by atoms with van der Waals surface area (Å²) in [5, 5.41) is 7.58. The number of methoxy groups -OCH3 is 1. The van der Waals surface area contributed by atoms with Crippen LogP contribution in [0.1, 0.15) is 12.5 Å². The molecular weight excluding hydrogens is 350 g/mol. The number of rotatable bonds is 9. The Bertz CT molecular complexity index is 737. The van der Waals surface area contributed by atoms with Crippen LogP contribution in [0.15, 0.2) is 53.6 Å². The lowest BCUT2D eigenvalue weighted by Gasteiger charge is -2.13. The van der Waals surface area contributed by atoms with E-state index in [0.717, 1.165) is 17.0 Å². The van der Waals surface area contributed by atoms with Crippen LogP contribution in [-0.4, -0.2) is 38.3 Å². The molecule has 2 N–H and O–H groups in total. The molecule has 0 bridgehead atoms. The second kappa shape index (κ2) is 11.1. The van der Waals surface area contributed by atoms with E-state index < -0.39 is 0 Å². The molecule has 7 heteroatoms. The number of benzene rings is 2. The van der Waals surface area contributed by atoms with Crippen LogP contribution in [0.25, 0.3) is 0 Å². The summed E-state index contributed by atoms with van der Waals surface area (Å²) in [5.74, 6) is 1.44. The zero-order valence-electron chi connectivity index (χ0n) is 14.9. The van der Waals surface area contributed by atoms with Gasteiger partial charge >= 0.3 is 0 Å². The monoisotopic (exact) mass is 373 g/mol. The lowest BCUT2D eigenvalue weighted by Crippen LogP contribution is -2.24. The topological polar surface area (TPSA) is 64.1 Å². The Balaban J connectivity index is 1.90. The first-order chi connectivity index (χ1) is 12.7. The summed E-state index contributed by atoms with van der Waals surface area (Å²) in [7, 11) is 1.62. The van der Waals surface area contributed by atoms with Crippen molar-refractivity contribution in [1.82, 2.24) is 5.43 Å². The van der Waals surface area contributed by atoms with Gasteiger partial charge in [0.1, 0.15) is 18.1 Å². The van der Waals surface area contributed by atoms with Crippen LogP contribution < -0.4 is 20.2 Å². The molecule has 0 radical (unpaired) electrons. The second-order valence-electron chi connectivity index (χ2n) is 5.11. The molecule has 138 valence electrons. The third-order valence-electron chi connectivity index (χ3n) is 3.33. The number of nitrogens with one attached hydrogen (secondary N) is 2. The van der Waals surface area contributed by atoms with Crippen LogP contribution in [0.2, 0.25) is 0 Å². The lowest BCUT2D eigenvalue weighted by molar-refractivity contribution is 0.110. The van der Waals surface area contributed by atoms with Crippen molar-refractivity contribution in [3.63, 3.8) is 0 Å². The first-order valence-corrected chi connectivity index (χ1v) is 8.68. The van der Waals surface area contributed by atoms with Gasteiger partial charge in [0.05, 0.1) is 25.6 Å². The van der Waals surface area contributed by atoms with Crippen LogP contribution >= 0.6 is 12.2 Å². The quantitative estimate of drug-likeness (QED) is 0.304. The third kappa shape index (κ3) is 6.34. The maximum atomic E-state index is 5.71. The van der Waals surface area contributed by atoms with E-state index in [0.29, 0.717) is 30.7 Å². The van der Waals surface area contributed by atoms with E-state index in [2.05, 4.69) is 15.8 Å². The Morgan fingerprint density at radius 2 is 1.81 bits per heavy atom. The molecule has 0 amide bonds. The van der Waals surface area contributed by atoms with Crippen molar-refractivity contribution in [2.24, 2.45) is 5.10 Å². The van der Waals surface area contributed by atoms with Crippen molar-refractivity contribution in [1.29, 1.82) is 0 Å². The molecule has 0 aliphatic rings. The van der Waals surface area contributed by atoms with E-state index >= 15 is 0 Å². The van der Waals surface area contributed by atoms with Crippen molar-refractivity contribution in [2.75, 3.05) is 32.2 Å². The highest BCUT2D eigenvalue weighted by Gasteiger charge is 2.05. The zero-order chi connectivity index (χ0) is 18.6. The van der Waals surface area contributed by atoms with E-state index in [4.69, 9.17) is 26.4 Å². The van der Waals surface area contributed by atoms with Gasteiger partial charge in [0, 0.05) is 12.2 Å². The summed E-state index contributed by atoms with van der Waals surface area (Å²) in [6.45, 7) is 3.63. The van der Waals surface area contributed by atoms with Crippen LogP contribution in [0.4, 0.5) is 5.69 Å². The summed E-state index contributed by atoms with van der Waals surface area (Å²) in [5.41, 5.74) is 4.40. The Kier molecular flexibility index (Phi) is 8.38. The van der Waals surface area contributed by atoms with Crippen molar-refractivity contribution < 1.29 is 14.2 Å². The number of hydrogen-bond donors (Lipinski definition) is 2. The predicted octanol–water partition coefficient (Wildman–Crippen LogP) is 3.43. The van der Waals surface area contributed by atoms with Gasteiger partial charge in [-0.15, -0.1) is 0 Å². The normalized spacial score (nSPS) is 10.5. The molecule has 0 aliphatic heterocycles. The molecule has 0 unspecified atom stereocenters. The summed E-state index contributed by atoms with van der Waals surface area (Å²) in [6.07, 6.45) is 1.65. The molecule has 26 heavy (non-hydrogen) atoms. The van der Waals surface area contributed by atoms with Crippen molar-refractivity contribution in [3.05, 3.63) is 54.1 Å². The summed E-state index contributed by atoms with van der Waals surface area (Å²) in [4.78, 5) is 0. The molecule has 0 saturated carbocycles. The fourth-order valence-electron chi connectivity index (χ4n) is 2.13. The molecule has 2 aromatic rings. The minimum atomic E-state index is 0.358. The van der Waals surface area contributed by atoms with E-state index in [9.17, 15) is 0 Å². The molecule has 0 saturated heterocycles. The van der Waals surface area contributed by atoms with Gasteiger partial charge in [0.15, 0.2) is 5.11 Å². The Morgan fingerprint density at radius 3 is 2.58 bits per heavy atom. The van der Waals surface area contributed by atoms with Crippen LogP contribution in [-0.2, 0) is 4.74 Å². The van der Waals surface area contributed by atoms with E-state index in [-0.39, 0.29) is 0 Å². The van der Waals surface area contributed by atoms with Crippen LogP contribution in [0.3, 0.4) is 0 Å². The molecule has 0 spiro atoms. The third-order valence-corrected chi connectivity index (χ3v) is 3.53. The lowest BCUT2D eigenvalue weighted by atomic mass is 10.2. The van der Waals surface area contributed by atoms with E-state index in [1.54, 1.807) is 13.3 Å². The maximum Gasteiger partial charge on any atom is 0.191 e. The van der Waals surface area contributed by atoms with Crippen molar-refractivity contribution in [3.8, 4) is 11.5 Å². The zero-order valence-corrected chi connectivity index (χ0v) is 15.7. The minimum Gasteiger partial charge on any atom is -0.496 e. The molecule has 0 aromatic heterocycles. The molecule has 0 atom stereocenters. The molecular formula is C19H23N3O3S. The number of thiocarbonyl (C=S) groups is 1. The molecule has 0 fully saturated rings. The highest BCUT2D eigenvalue weighted by molar-refractivity contribution is 7.80. The van der Waals surface area contributed by atoms with Crippen molar-refractivity contribution in [2.45, 2.75) is 6.92 Å². The average molecular weight is 373 g/mol. The number of hydrazone groups is 1. The van der Waals surface area contributed by atoms with Gasteiger partial charge in [0.25, 0.3) is 0 Å². The largest absolute Gasteiger partial charge is 0.496 e. The fourth-order valence-corrected chi connectivity index (χ4v) is 2.30. The number of hydrogen-bond acceptors (Lipinski definition) is 5. The molecule has 2 aromatic carbocycles. The molecule has 0 heterocycles. The van der Waals surface area contributed by atoms with E-state index in [1.807, 2.05) is 55.5 Å². The van der Waals surface area contributed by atoms with Gasteiger partial charge in [-0.2, -0.15) is 5.10 Å². The molecule has 6 nitrogen and oxygen atoms in total. The van der Waals surface area contributed by atoms with Gasteiger partial charge in [-0.25, -0.2) is 0 Å². The Hall–Kier alpha value is -2.64. The van der Waals surface area contributed by atoms with Crippen LogP contribution in [0, 0.1) is 0 Å². The smallest absolute Gasteiger partial charge is 0.191 e. The number of anilines is 1. The second-order valence-corrected chi connectivity index (χ2v) is 5.52. The fraction of sp³-hybridized carbons (Fsp3) is 0.263. The highest BCUT2D eigenvalue weighted by Crippen LogP contribution is 2.23. The van der Waals surface area contributed by atoms with Gasteiger partial charge < -0.3 is 19.5 Å². The Labute approximate surface area is 159 Å². The molecule has 0 aliphatic carbocycles. The first kappa shape index (κ1) is 19.7. The summed E-state index contributed by atoms with van der Waals surface area (Å²) >= 11 is 5.28. The van der Waals surface area contributed by atoms with Gasteiger partial charge in [-0.3, -0.25) is 5.43 Å². The van der Waals surface area contributed by atoms with Gasteiger partial charge in [-0.1, -0.05) is 24.3 Å². The van der Waals surface area contributed by atoms with Gasteiger partial charge in [0.2, 0.25) is 0 Å². The van der Waals surface area contributed by atoms with Crippen molar-refractivity contribution >= 4 is 29.2 Å². The number of ether oxygens (including phenoxy) is 3. The Morgan fingerprint density at radius 1 is 1.08 bits per heavy atom. The van der Waals surface area contributed by atoms with Crippen LogP contribution in [0.5, 0.6) is 11.5 Å². The first-order valence-electron chi connectivity index (χ1n) is 8.27. The highest BCUT2D eigenvalue weighted by atomic mass is 32.1. The SMILES string of the molecule is CCOCCOc1ccccc1NC(=S)NN=Cc1ccccc1OC. The standard InChI is InChI=1S/C19H23N3O3S/c1-3-24-12-13-25-18-11-7-5-9-16(18)21-19(26)22-20-14-15-8-4-6-10-17(15)23-2/h4-11,14H,3,12-13H2,1-2H3,(H2,21,22,26). The number of nitrogens with zero attached hydrogens (tertiary/aromatic N) is 1. The van der Waals surface area contributed by atoms with Gasteiger partial charge in [-0.05, 0) is 43.4 Å². The predicted molar refractivity (Wildman–Crippen MR) is 108 cm³/mol. The summed E-state index contributed by atoms with van der Waals surface area (Å²) < 4.78 is 16.3. The van der Waals surface area contributed by atoms with E-state index in [1.165, 1.54) is 0 Å². The number of para-hydroxylation sites is 3. The molecule has 2 rings (SSSR count).